The second-order valence-electron chi connectivity index (χ2n) is 4.71. The third-order valence-corrected chi connectivity index (χ3v) is 3.95. The molecule has 0 aliphatic carbocycles. The molecule has 98 valence electrons. The standard InChI is InChI=1S/C17H12BrNO/c1-11-5-6-15(16(18)9-11)17(20)14-4-2-3-12-10-19-8-7-13(12)14/h2-10H,1H3. The van der Waals surface area contributed by atoms with Gasteiger partial charge in [0, 0.05) is 33.4 Å². The summed E-state index contributed by atoms with van der Waals surface area (Å²) in [5, 5.41) is 1.90. The number of aromatic nitrogens is 1. The van der Waals surface area contributed by atoms with Crippen molar-refractivity contribution >= 4 is 32.5 Å². The molecule has 0 amide bonds. The fourth-order valence-electron chi connectivity index (χ4n) is 2.27. The quantitative estimate of drug-likeness (QED) is 0.647. The molecule has 0 fully saturated rings. The van der Waals surface area contributed by atoms with Gasteiger partial charge in [0.05, 0.1) is 0 Å². The third-order valence-electron chi connectivity index (χ3n) is 3.29. The van der Waals surface area contributed by atoms with Crippen LogP contribution in [0.15, 0.2) is 59.3 Å². The molecule has 3 rings (SSSR count). The number of fused-ring (bicyclic) bond motifs is 1. The fraction of sp³-hybridized carbons (Fsp3) is 0.0588. The van der Waals surface area contributed by atoms with Gasteiger partial charge in [-0.05, 0) is 36.1 Å². The van der Waals surface area contributed by atoms with Gasteiger partial charge in [-0.25, -0.2) is 0 Å². The predicted molar refractivity (Wildman–Crippen MR) is 84.1 cm³/mol. The van der Waals surface area contributed by atoms with E-state index in [0.29, 0.717) is 11.1 Å². The first-order valence-corrected chi connectivity index (χ1v) is 7.10. The molecule has 3 aromatic rings. The number of pyridine rings is 1. The van der Waals surface area contributed by atoms with Crippen LogP contribution in [-0.2, 0) is 0 Å². The number of aryl methyl sites for hydroxylation is 1. The molecule has 2 aromatic carbocycles. The Morgan fingerprint density at radius 2 is 1.95 bits per heavy atom. The molecular weight excluding hydrogens is 314 g/mol. The molecule has 0 unspecified atom stereocenters. The summed E-state index contributed by atoms with van der Waals surface area (Å²) >= 11 is 3.48. The van der Waals surface area contributed by atoms with Gasteiger partial charge in [-0.1, -0.05) is 40.2 Å². The Balaban J connectivity index is 2.18. The van der Waals surface area contributed by atoms with Crippen LogP contribution in [0.3, 0.4) is 0 Å². The van der Waals surface area contributed by atoms with Gasteiger partial charge in [0.15, 0.2) is 5.78 Å². The number of hydrogen-bond donors (Lipinski definition) is 0. The summed E-state index contributed by atoms with van der Waals surface area (Å²) < 4.78 is 0.827. The Morgan fingerprint density at radius 3 is 2.75 bits per heavy atom. The van der Waals surface area contributed by atoms with Gasteiger partial charge in [-0.15, -0.1) is 0 Å². The lowest BCUT2D eigenvalue weighted by atomic mass is 9.98. The number of carbonyl (C=O) groups excluding carboxylic acids is 1. The second kappa shape index (κ2) is 5.17. The highest BCUT2D eigenvalue weighted by molar-refractivity contribution is 9.10. The number of nitrogens with zero attached hydrogens (tertiary/aromatic N) is 1. The van der Waals surface area contributed by atoms with E-state index in [2.05, 4.69) is 20.9 Å². The molecule has 20 heavy (non-hydrogen) atoms. The zero-order chi connectivity index (χ0) is 14.1. The number of carbonyl (C=O) groups is 1. The first-order valence-electron chi connectivity index (χ1n) is 6.30. The molecule has 0 saturated carbocycles. The minimum absolute atomic E-state index is 0.0219. The van der Waals surface area contributed by atoms with Gasteiger partial charge in [0.1, 0.15) is 0 Å². The highest BCUT2D eigenvalue weighted by Gasteiger charge is 2.15. The van der Waals surface area contributed by atoms with Crippen LogP contribution in [0.2, 0.25) is 0 Å². The van der Waals surface area contributed by atoms with Crippen LogP contribution in [0.25, 0.3) is 10.8 Å². The molecule has 1 aromatic heterocycles. The summed E-state index contributed by atoms with van der Waals surface area (Å²) in [6.45, 7) is 2.00. The van der Waals surface area contributed by atoms with E-state index < -0.39 is 0 Å². The monoisotopic (exact) mass is 325 g/mol. The van der Waals surface area contributed by atoms with Crippen LogP contribution < -0.4 is 0 Å². The van der Waals surface area contributed by atoms with Crippen molar-refractivity contribution in [3.05, 3.63) is 76.0 Å². The number of halogens is 1. The normalized spacial score (nSPS) is 10.7. The van der Waals surface area contributed by atoms with E-state index in [9.17, 15) is 4.79 Å². The number of hydrogen-bond acceptors (Lipinski definition) is 2. The summed E-state index contributed by atoms with van der Waals surface area (Å²) in [6, 6.07) is 13.4. The van der Waals surface area contributed by atoms with Crippen molar-refractivity contribution < 1.29 is 4.79 Å². The fourth-order valence-corrected chi connectivity index (χ4v) is 2.94. The SMILES string of the molecule is Cc1ccc(C(=O)c2cccc3cnccc23)c(Br)c1. The second-order valence-corrected chi connectivity index (χ2v) is 5.57. The van der Waals surface area contributed by atoms with Crippen molar-refractivity contribution in [2.75, 3.05) is 0 Å². The zero-order valence-electron chi connectivity index (χ0n) is 10.9. The maximum Gasteiger partial charge on any atom is 0.194 e. The maximum atomic E-state index is 12.7. The van der Waals surface area contributed by atoms with Crippen LogP contribution in [-0.4, -0.2) is 10.8 Å². The highest BCUT2D eigenvalue weighted by Crippen LogP contribution is 2.25. The van der Waals surface area contributed by atoms with Crippen LogP contribution in [0.1, 0.15) is 21.5 Å². The molecule has 0 bridgehead atoms. The van der Waals surface area contributed by atoms with Gasteiger partial charge in [-0.2, -0.15) is 0 Å². The van der Waals surface area contributed by atoms with Crippen LogP contribution in [0.5, 0.6) is 0 Å². The van der Waals surface area contributed by atoms with Gasteiger partial charge in [-0.3, -0.25) is 9.78 Å². The van der Waals surface area contributed by atoms with Crippen LogP contribution in [0.4, 0.5) is 0 Å². The molecule has 0 aliphatic heterocycles. The van der Waals surface area contributed by atoms with Crippen LogP contribution in [0, 0.1) is 6.92 Å². The van der Waals surface area contributed by atoms with E-state index in [1.165, 1.54) is 0 Å². The molecule has 0 radical (unpaired) electrons. The van der Waals surface area contributed by atoms with Crippen molar-refractivity contribution in [1.29, 1.82) is 0 Å². The molecular formula is C17H12BrNO. The zero-order valence-corrected chi connectivity index (χ0v) is 12.5. The van der Waals surface area contributed by atoms with E-state index in [4.69, 9.17) is 0 Å². The Labute approximate surface area is 125 Å². The van der Waals surface area contributed by atoms with Gasteiger partial charge < -0.3 is 0 Å². The van der Waals surface area contributed by atoms with E-state index >= 15 is 0 Å². The summed E-state index contributed by atoms with van der Waals surface area (Å²) in [7, 11) is 0. The van der Waals surface area contributed by atoms with Gasteiger partial charge in [0.2, 0.25) is 0 Å². The minimum Gasteiger partial charge on any atom is -0.289 e. The Kier molecular flexibility index (Phi) is 3.36. The number of benzene rings is 2. The lowest BCUT2D eigenvalue weighted by molar-refractivity contribution is 0.103. The van der Waals surface area contributed by atoms with E-state index in [1.807, 2.05) is 49.4 Å². The minimum atomic E-state index is 0.0219. The van der Waals surface area contributed by atoms with Gasteiger partial charge >= 0.3 is 0 Å². The van der Waals surface area contributed by atoms with Crippen molar-refractivity contribution in [2.24, 2.45) is 0 Å². The molecule has 0 spiro atoms. The molecule has 1 heterocycles. The number of ketones is 1. The molecule has 3 heteroatoms. The molecule has 0 N–H and O–H groups in total. The Hall–Kier alpha value is -2.00. The lowest BCUT2D eigenvalue weighted by Crippen LogP contribution is -2.03. The molecule has 0 aliphatic rings. The smallest absolute Gasteiger partial charge is 0.194 e. The molecule has 2 nitrogen and oxygen atoms in total. The molecule has 0 saturated heterocycles. The summed E-state index contributed by atoms with van der Waals surface area (Å²) in [5.41, 5.74) is 2.50. The number of rotatable bonds is 2. The third kappa shape index (κ3) is 2.25. The largest absolute Gasteiger partial charge is 0.289 e. The van der Waals surface area contributed by atoms with Crippen molar-refractivity contribution in [2.45, 2.75) is 6.92 Å². The predicted octanol–water partition coefficient (Wildman–Crippen LogP) is 4.54. The van der Waals surface area contributed by atoms with E-state index in [-0.39, 0.29) is 5.78 Å². The molecule has 0 atom stereocenters. The van der Waals surface area contributed by atoms with Crippen molar-refractivity contribution in [3.63, 3.8) is 0 Å². The summed E-state index contributed by atoms with van der Waals surface area (Å²) in [6.07, 6.45) is 3.49. The lowest BCUT2D eigenvalue weighted by Gasteiger charge is -2.08. The highest BCUT2D eigenvalue weighted by atomic mass is 79.9. The van der Waals surface area contributed by atoms with Crippen LogP contribution >= 0.6 is 15.9 Å². The maximum absolute atomic E-state index is 12.7. The first kappa shape index (κ1) is 13.0. The van der Waals surface area contributed by atoms with Gasteiger partial charge in [0.25, 0.3) is 0 Å². The van der Waals surface area contributed by atoms with E-state index in [0.717, 1.165) is 20.8 Å². The summed E-state index contributed by atoms with van der Waals surface area (Å²) in [5.74, 6) is 0.0219. The topological polar surface area (TPSA) is 30.0 Å². The average molecular weight is 326 g/mol. The first-order chi connectivity index (χ1) is 9.66. The summed E-state index contributed by atoms with van der Waals surface area (Å²) in [4.78, 5) is 16.8. The van der Waals surface area contributed by atoms with Crippen molar-refractivity contribution in [1.82, 2.24) is 4.98 Å². The van der Waals surface area contributed by atoms with E-state index in [1.54, 1.807) is 12.4 Å². The average Bonchev–Trinajstić information content (AvgIpc) is 2.46. The van der Waals surface area contributed by atoms with Crippen molar-refractivity contribution in [3.8, 4) is 0 Å². The Bertz CT molecular complexity index is 806. The Morgan fingerprint density at radius 1 is 1.10 bits per heavy atom.